The van der Waals surface area contributed by atoms with Crippen molar-refractivity contribution in [3.63, 3.8) is 0 Å². The molecule has 0 unspecified atom stereocenters. The molecule has 0 spiro atoms. The number of nitrogens with two attached hydrogens (primary N) is 1. The molecule has 1 aromatic heterocycles. The van der Waals surface area contributed by atoms with E-state index >= 15 is 0 Å². The highest BCUT2D eigenvalue weighted by atomic mass is 15.0. The van der Waals surface area contributed by atoms with E-state index in [0.717, 1.165) is 23.7 Å². The van der Waals surface area contributed by atoms with Crippen molar-refractivity contribution in [1.29, 1.82) is 0 Å². The Balaban J connectivity index is 1.70. The molecule has 3 nitrogen and oxygen atoms in total. The van der Waals surface area contributed by atoms with Crippen LogP contribution in [0.4, 0.5) is 5.95 Å². The lowest BCUT2D eigenvalue weighted by Gasteiger charge is -2.54. The number of hydrogen-bond donors (Lipinski definition) is 1. The average molecular weight is 229 g/mol. The maximum Gasteiger partial charge on any atom is 0.220 e. The Bertz CT molecular complexity index is 415. The lowest BCUT2D eigenvalue weighted by Crippen LogP contribution is -2.44. The van der Waals surface area contributed by atoms with Gasteiger partial charge < -0.3 is 5.73 Å². The zero-order valence-corrected chi connectivity index (χ0v) is 10.0. The summed E-state index contributed by atoms with van der Waals surface area (Å²) in [5.41, 5.74) is 6.94. The normalized spacial score (nSPS) is 42.9. The zero-order valence-electron chi connectivity index (χ0n) is 10.0. The maximum absolute atomic E-state index is 5.73. The van der Waals surface area contributed by atoms with Crippen molar-refractivity contribution in [3.05, 3.63) is 18.0 Å². The molecule has 17 heavy (non-hydrogen) atoms. The van der Waals surface area contributed by atoms with Gasteiger partial charge in [-0.2, -0.15) is 0 Å². The van der Waals surface area contributed by atoms with Crippen molar-refractivity contribution in [2.45, 2.75) is 38.0 Å². The fraction of sp³-hybridized carbons (Fsp3) is 0.714. The van der Waals surface area contributed by atoms with Crippen molar-refractivity contribution in [1.82, 2.24) is 9.97 Å². The highest BCUT2D eigenvalue weighted by Crippen LogP contribution is 2.59. The van der Waals surface area contributed by atoms with Gasteiger partial charge >= 0.3 is 0 Å². The molecule has 0 radical (unpaired) electrons. The molecule has 1 aromatic rings. The Morgan fingerprint density at radius 2 is 1.65 bits per heavy atom. The standard InChI is InChI=1S/C14H19N3/c15-14-16-2-1-12(17-14)13-10-4-8-3-9(6-10)7-11(13)5-8/h1-2,8-11,13H,3-7H2,(H2,15,16,17). The van der Waals surface area contributed by atoms with Gasteiger partial charge in [-0.3, -0.25) is 0 Å². The minimum atomic E-state index is 0.441. The van der Waals surface area contributed by atoms with Gasteiger partial charge in [0.05, 0.1) is 0 Å². The molecule has 3 heteroatoms. The average Bonchev–Trinajstić information content (AvgIpc) is 2.27. The van der Waals surface area contributed by atoms with Crippen LogP contribution in [0, 0.1) is 23.7 Å². The van der Waals surface area contributed by atoms with Crippen LogP contribution in [0.2, 0.25) is 0 Å². The molecule has 2 N–H and O–H groups in total. The van der Waals surface area contributed by atoms with Gasteiger partial charge in [0.15, 0.2) is 0 Å². The highest BCUT2D eigenvalue weighted by Gasteiger charge is 2.49. The van der Waals surface area contributed by atoms with Crippen LogP contribution in [-0.4, -0.2) is 9.97 Å². The van der Waals surface area contributed by atoms with Gasteiger partial charge in [-0.1, -0.05) is 0 Å². The van der Waals surface area contributed by atoms with E-state index in [1.165, 1.54) is 37.8 Å². The van der Waals surface area contributed by atoms with E-state index < -0.39 is 0 Å². The second kappa shape index (κ2) is 3.44. The van der Waals surface area contributed by atoms with E-state index in [1.54, 1.807) is 0 Å². The van der Waals surface area contributed by atoms with Gasteiger partial charge in [-0.15, -0.1) is 0 Å². The molecule has 4 bridgehead atoms. The molecule has 0 amide bonds. The van der Waals surface area contributed by atoms with Crippen LogP contribution >= 0.6 is 0 Å². The van der Waals surface area contributed by atoms with Gasteiger partial charge in [0, 0.05) is 17.8 Å². The minimum Gasteiger partial charge on any atom is -0.368 e. The van der Waals surface area contributed by atoms with Gasteiger partial charge in [0.1, 0.15) is 0 Å². The first-order chi connectivity index (χ1) is 8.29. The van der Waals surface area contributed by atoms with Gasteiger partial charge in [0.25, 0.3) is 0 Å². The molecule has 1 heterocycles. The Morgan fingerprint density at radius 3 is 2.24 bits per heavy atom. The Hall–Kier alpha value is -1.12. The summed E-state index contributed by atoms with van der Waals surface area (Å²) in [5, 5.41) is 0. The molecule has 0 aliphatic heterocycles. The summed E-state index contributed by atoms with van der Waals surface area (Å²) < 4.78 is 0. The van der Waals surface area contributed by atoms with E-state index in [-0.39, 0.29) is 0 Å². The first-order valence-corrected chi connectivity index (χ1v) is 6.88. The topological polar surface area (TPSA) is 51.8 Å². The van der Waals surface area contributed by atoms with Crippen molar-refractivity contribution < 1.29 is 0 Å². The third-order valence-electron chi connectivity index (χ3n) is 5.26. The van der Waals surface area contributed by atoms with Crippen LogP contribution in [0.15, 0.2) is 12.3 Å². The SMILES string of the molecule is Nc1nccc(C2C3CC4CC(C3)CC2C4)n1. The fourth-order valence-electron chi connectivity index (χ4n) is 4.98. The maximum atomic E-state index is 5.73. The van der Waals surface area contributed by atoms with E-state index in [2.05, 4.69) is 16.0 Å². The van der Waals surface area contributed by atoms with Crippen LogP contribution in [0.25, 0.3) is 0 Å². The van der Waals surface area contributed by atoms with Crippen LogP contribution < -0.4 is 5.73 Å². The second-order valence-corrected chi connectivity index (χ2v) is 6.30. The molecule has 4 aliphatic rings. The van der Waals surface area contributed by atoms with Crippen molar-refractivity contribution in [2.75, 3.05) is 5.73 Å². The van der Waals surface area contributed by atoms with E-state index in [1.807, 2.05) is 6.20 Å². The third kappa shape index (κ3) is 1.48. The predicted octanol–water partition coefficient (Wildman–Crippen LogP) is 2.60. The van der Waals surface area contributed by atoms with Gasteiger partial charge in [-0.25, -0.2) is 9.97 Å². The molecule has 0 atom stereocenters. The second-order valence-electron chi connectivity index (χ2n) is 6.30. The smallest absolute Gasteiger partial charge is 0.220 e. The summed E-state index contributed by atoms with van der Waals surface area (Å²) in [6.07, 6.45) is 9.06. The lowest BCUT2D eigenvalue weighted by molar-refractivity contribution is -0.00413. The first kappa shape index (κ1) is 9.86. The molecule has 4 aliphatic carbocycles. The summed E-state index contributed by atoms with van der Waals surface area (Å²) in [5.74, 6) is 4.91. The number of rotatable bonds is 1. The van der Waals surface area contributed by atoms with Gasteiger partial charge in [-0.05, 0) is 61.8 Å². The number of hydrogen-bond acceptors (Lipinski definition) is 3. The fourth-order valence-corrected chi connectivity index (χ4v) is 4.98. The quantitative estimate of drug-likeness (QED) is 0.805. The van der Waals surface area contributed by atoms with Crippen LogP contribution in [-0.2, 0) is 0 Å². The van der Waals surface area contributed by atoms with Crippen molar-refractivity contribution >= 4 is 5.95 Å². The molecular weight excluding hydrogens is 210 g/mol. The van der Waals surface area contributed by atoms with Crippen LogP contribution in [0.1, 0.15) is 43.7 Å². The molecule has 4 saturated carbocycles. The molecule has 4 fully saturated rings. The summed E-state index contributed by atoms with van der Waals surface area (Å²) in [4.78, 5) is 8.50. The van der Waals surface area contributed by atoms with Crippen LogP contribution in [0.3, 0.4) is 0 Å². The van der Waals surface area contributed by atoms with Crippen LogP contribution in [0.5, 0.6) is 0 Å². The summed E-state index contributed by atoms with van der Waals surface area (Å²) in [7, 11) is 0. The predicted molar refractivity (Wildman–Crippen MR) is 66.2 cm³/mol. The number of aromatic nitrogens is 2. The molecule has 0 aromatic carbocycles. The number of nitrogens with zero attached hydrogens (tertiary/aromatic N) is 2. The zero-order chi connectivity index (χ0) is 11.4. The number of anilines is 1. The Labute approximate surface area is 102 Å². The monoisotopic (exact) mass is 229 g/mol. The highest BCUT2D eigenvalue weighted by molar-refractivity contribution is 5.23. The van der Waals surface area contributed by atoms with Crippen molar-refractivity contribution in [3.8, 4) is 0 Å². The van der Waals surface area contributed by atoms with Crippen molar-refractivity contribution in [2.24, 2.45) is 23.7 Å². The first-order valence-electron chi connectivity index (χ1n) is 6.88. The van der Waals surface area contributed by atoms with E-state index in [9.17, 15) is 0 Å². The van der Waals surface area contributed by atoms with E-state index in [4.69, 9.17) is 5.73 Å². The molecular formula is C14H19N3. The summed E-state index contributed by atoms with van der Waals surface area (Å²) in [6, 6.07) is 2.09. The number of nitrogen functional groups attached to an aromatic ring is 1. The van der Waals surface area contributed by atoms with Gasteiger partial charge in [0.2, 0.25) is 5.95 Å². The molecule has 90 valence electrons. The lowest BCUT2D eigenvalue weighted by atomic mass is 9.51. The minimum absolute atomic E-state index is 0.441. The molecule has 0 saturated heterocycles. The Kier molecular flexibility index (Phi) is 1.99. The van der Waals surface area contributed by atoms with E-state index in [0.29, 0.717) is 11.9 Å². The summed E-state index contributed by atoms with van der Waals surface area (Å²) in [6.45, 7) is 0. The third-order valence-corrected chi connectivity index (χ3v) is 5.26. The Morgan fingerprint density at radius 1 is 1.00 bits per heavy atom. The molecule has 5 rings (SSSR count). The summed E-state index contributed by atoms with van der Waals surface area (Å²) >= 11 is 0. The largest absolute Gasteiger partial charge is 0.368 e.